The molecule has 1 N–H and O–H groups in total. The van der Waals surface area contributed by atoms with E-state index in [-0.39, 0.29) is 0 Å². The first-order valence-electron chi connectivity index (χ1n) is 6.65. The highest BCUT2D eigenvalue weighted by molar-refractivity contribution is 6.31. The standard InChI is InChI=1S/C15H16ClN3O3/c1-10-11(15(20)21-2)5-6-13(19-10)17-8-9-22-14-12(16)4-3-7-18-14/h3-7H,8-9H2,1-2H3,(H,17,19). The van der Waals surface area contributed by atoms with E-state index in [4.69, 9.17) is 16.3 Å². The number of nitrogens with one attached hydrogen (secondary N) is 1. The molecule has 0 saturated heterocycles. The van der Waals surface area contributed by atoms with Crippen molar-refractivity contribution in [3.63, 3.8) is 0 Å². The van der Waals surface area contributed by atoms with Crippen LogP contribution in [0.5, 0.6) is 5.88 Å². The van der Waals surface area contributed by atoms with Gasteiger partial charge < -0.3 is 14.8 Å². The number of aryl methyl sites for hydroxylation is 1. The van der Waals surface area contributed by atoms with Gasteiger partial charge in [0, 0.05) is 6.20 Å². The number of esters is 1. The van der Waals surface area contributed by atoms with Crippen LogP contribution >= 0.6 is 11.6 Å². The Morgan fingerprint density at radius 1 is 1.36 bits per heavy atom. The molecule has 0 aliphatic carbocycles. The molecule has 0 saturated carbocycles. The van der Waals surface area contributed by atoms with Crippen LogP contribution in [0.15, 0.2) is 30.5 Å². The number of ether oxygens (including phenoxy) is 2. The summed E-state index contributed by atoms with van der Waals surface area (Å²) in [6, 6.07) is 6.84. The SMILES string of the molecule is COC(=O)c1ccc(NCCOc2ncccc2Cl)nc1C. The van der Waals surface area contributed by atoms with Gasteiger partial charge in [-0.25, -0.2) is 14.8 Å². The van der Waals surface area contributed by atoms with Gasteiger partial charge in [-0.05, 0) is 31.2 Å². The fourth-order valence-electron chi connectivity index (χ4n) is 1.79. The summed E-state index contributed by atoms with van der Waals surface area (Å²) in [7, 11) is 1.34. The molecule has 2 aromatic heterocycles. The Bertz CT molecular complexity index is 664. The molecule has 22 heavy (non-hydrogen) atoms. The lowest BCUT2D eigenvalue weighted by molar-refractivity contribution is 0.0599. The Morgan fingerprint density at radius 2 is 2.18 bits per heavy atom. The zero-order valence-electron chi connectivity index (χ0n) is 12.3. The van der Waals surface area contributed by atoms with Crippen molar-refractivity contribution in [2.45, 2.75) is 6.92 Å². The molecule has 0 atom stereocenters. The molecule has 2 heterocycles. The molecule has 0 spiro atoms. The Hall–Kier alpha value is -2.34. The van der Waals surface area contributed by atoms with E-state index in [1.165, 1.54) is 7.11 Å². The maximum Gasteiger partial charge on any atom is 0.339 e. The molecule has 7 heteroatoms. The molecule has 0 fully saturated rings. The number of hydrogen-bond donors (Lipinski definition) is 1. The lowest BCUT2D eigenvalue weighted by Gasteiger charge is -2.10. The zero-order chi connectivity index (χ0) is 15.9. The van der Waals surface area contributed by atoms with E-state index in [2.05, 4.69) is 20.0 Å². The third-order valence-corrected chi connectivity index (χ3v) is 3.15. The van der Waals surface area contributed by atoms with Crippen LogP contribution in [-0.2, 0) is 4.74 Å². The molecule has 2 rings (SSSR count). The minimum absolute atomic E-state index is 0.385. The third-order valence-electron chi connectivity index (χ3n) is 2.86. The highest BCUT2D eigenvalue weighted by Gasteiger charge is 2.10. The van der Waals surface area contributed by atoms with E-state index < -0.39 is 5.97 Å². The number of nitrogens with zero attached hydrogens (tertiary/aromatic N) is 2. The van der Waals surface area contributed by atoms with Gasteiger partial charge in [0.1, 0.15) is 17.4 Å². The molecule has 116 valence electrons. The number of halogens is 1. The van der Waals surface area contributed by atoms with Gasteiger partial charge in [-0.15, -0.1) is 0 Å². The molecule has 6 nitrogen and oxygen atoms in total. The summed E-state index contributed by atoms with van der Waals surface area (Å²) in [4.78, 5) is 19.8. The van der Waals surface area contributed by atoms with Crippen LogP contribution in [0, 0.1) is 6.92 Å². The largest absolute Gasteiger partial charge is 0.475 e. The quantitative estimate of drug-likeness (QED) is 0.651. The monoisotopic (exact) mass is 321 g/mol. The number of carbonyl (C=O) groups is 1. The number of hydrogen-bond acceptors (Lipinski definition) is 6. The van der Waals surface area contributed by atoms with Crippen LogP contribution < -0.4 is 10.1 Å². The van der Waals surface area contributed by atoms with Crippen molar-refractivity contribution in [3.05, 3.63) is 46.7 Å². The summed E-state index contributed by atoms with van der Waals surface area (Å²) in [5, 5.41) is 3.57. The molecule has 0 aliphatic heterocycles. The van der Waals surface area contributed by atoms with Crippen molar-refractivity contribution in [3.8, 4) is 5.88 Å². The predicted octanol–water partition coefficient (Wildman–Crippen LogP) is 2.72. The van der Waals surface area contributed by atoms with Gasteiger partial charge in [0.05, 0.1) is 24.9 Å². The highest BCUT2D eigenvalue weighted by atomic mass is 35.5. The van der Waals surface area contributed by atoms with Crippen molar-refractivity contribution in [2.75, 3.05) is 25.6 Å². The van der Waals surface area contributed by atoms with Gasteiger partial charge in [0.25, 0.3) is 0 Å². The normalized spacial score (nSPS) is 10.1. The first-order valence-corrected chi connectivity index (χ1v) is 7.02. The van der Waals surface area contributed by atoms with E-state index in [1.807, 2.05) is 0 Å². The molecular weight excluding hydrogens is 306 g/mol. The maximum atomic E-state index is 11.5. The molecule has 0 unspecified atom stereocenters. The van der Waals surface area contributed by atoms with Gasteiger partial charge in [-0.2, -0.15) is 0 Å². The highest BCUT2D eigenvalue weighted by Crippen LogP contribution is 2.19. The fourth-order valence-corrected chi connectivity index (χ4v) is 1.97. The molecular formula is C15H16ClN3O3. The maximum absolute atomic E-state index is 11.5. The van der Waals surface area contributed by atoms with Gasteiger partial charge in [0.2, 0.25) is 5.88 Å². The van der Waals surface area contributed by atoms with Gasteiger partial charge >= 0.3 is 5.97 Å². The number of pyridine rings is 2. The Morgan fingerprint density at radius 3 is 2.86 bits per heavy atom. The van der Waals surface area contributed by atoms with E-state index in [0.717, 1.165) is 0 Å². The lowest BCUT2D eigenvalue weighted by Crippen LogP contribution is -2.14. The fraction of sp³-hybridized carbons (Fsp3) is 0.267. The third kappa shape index (κ3) is 4.08. The summed E-state index contributed by atoms with van der Waals surface area (Å²) < 4.78 is 10.1. The summed E-state index contributed by atoms with van der Waals surface area (Å²) in [5.41, 5.74) is 1.05. The Balaban J connectivity index is 1.86. The minimum Gasteiger partial charge on any atom is -0.475 e. The van der Waals surface area contributed by atoms with Gasteiger partial charge in [-0.3, -0.25) is 0 Å². The van der Waals surface area contributed by atoms with Crippen molar-refractivity contribution < 1.29 is 14.3 Å². The van der Waals surface area contributed by atoms with E-state index in [1.54, 1.807) is 37.4 Å². The molecule has 0 bridgehead atoms. The Labute approximate surface area is 133 Å². The van der Waals surface area contributed by atoms with Gasteiger partial charge in [-0.1, -0.05) is 11.6 Å². The van der Waals surface area contributed by atoms with E-state index in [9.17, 15) is 4.79 Å². The summed E-state index contributed by atoms with van der Waals surface area (Å²) in [6.45, 7) is 2.66. The first kappa shape index (κ1) is 16.0. The molecule has 0 radical (unpaired) electrons. The number of rotatable bonds is 6. The van der Waals surface area contributed by atoms with Crippen molar-refractivity contribution in [2.24, 2.45) is 0 Å². The minimum atomic E-state index is -0.398. The van der Waals surface area contributed by atoms with E-state index >= 15 is 0 Å². The molecule has 0 aromatic carbocycles. The molecule has 0 amide bonds. The lowest BCUT2D eigenvalue weighted by atomic mass is 10.2. The first-order chi connectivity index (χ1) is 10.6. The zero-order valence-corrected chi connectivity index (χ0v) is 13.1. The summed E-state index contributed by atoms with van der Waals surface area (Å²) >= 11 is 5.94. The number of anilines is 1. The van der Waals surface area contributed by atoms with Crippen molar-refractivity contribution >= 4 is 23.4 Å². The second-order valence-electron chi connectivity index (χ2n) is 4.39. The van der Waals surface area contributed by atoms with E-state index in [0.29, 0.717) is 41.1 Å². The van der Waals surface area contributed by atoms with Crippen LogP contribution in [0.25, 0.3) is 0 Å². The Kier molecular flexibility index (Phi) is 5.55. The average Bonchev–Trinajstić information content (AvgIpc) is 2.52. The predicted molar refractivity (Wildman–Crippen MR) is 83.5 cm³/mol. The number of aromatic nitrogens is 2. The van der Waals surface area contributed by atoms with Crippen LogP contribution in [-0.4, -0.2) is 36.2 Å². The second-order valence-corrected chi connectivity index (χ2v) is 4.79. The van der Waals surface area contributed by atoms with Crippen molar-refractivity contribution in [1.82, 2.24) is 9.97 Å². The topological polar surface area (TPSA) is 73.3 Å². The molecule has 0 aliphatic rings. The second kappa shape index (κ2) is 7.61. The smallest absolute Gasteiger partial charge is 0.339 e. The van der Waals surface area contributed by atoms with Crippen LogP contribution in [0.1, 0.15) is 16.1 Å². The number of carbonyl (C=O) groups excluding carboxylic acids is 1. The van der Waals surface area contributed by atoms with Gasteiger partial charge in [0.15, 0.2) is 0 Å². The van der Waals surface area contributed by atoms with Crippen LogP contribution in [0.3, 0.4) is 0 Å². The molecule has 2 aromatic rings. The van der Waals surface area contributed by atoms with Crippen molar-refractivity contribution in [1.29, 1.82) is 0 Å². The number of methoxy groups -OCH3 is 1. The summed E-state index contributed by atoms with van der Waals surface area (Å²) in [5.74, 6) is 0.654. The summed E-state index contributed by atoms with van der Waals surface area (Å²) in [6.07, 6.45) is 1.62. The average molecular weight is 322 g/mol. The van der Waals surface area contributed by atoms with Crippen LogP contribution in [0.2, 0.25) is 5.02 Å². The van der Waals surface area contributed by atoms with Crippen LogP contribution in [0.4, 0.5) is 5.82 Å².